The van der Waals surface area contributed by atoms with Crippen LogP contribution in [0.2, 0.25) is 5.15 Å². The molecule has 37 heavy (non-hydrogen) atoms. The highest BCUT2D eigenvalue weighted by Gasteiger charge is 2.31. The molecule has 1 aliphatic carbocycles. The number of hydrogen-bond acceptors (Lipinski definition) is 5. The van der Waals surface area contributed by atoms with Crippen molar-refractivity contribution < 1.29 is 27.0 Å². The van der Waals surface area contributed by atoms with E-state index >= 15 is 0 Å². The fourth-order valence-corrected chi connectivity index (χ4v) is 4.22. The lowest BCUT2D eigenvalue weighted by molar-refractivity contribution is -0.137. The van der Waals surface area contributed by atoms with Crippen molar-refractivity contribution >= 4 is 11.6 Å². The second-order valence-corrected chi connectivity index (χ2v) is 9.04. The van der Waals surface area contributed by atoms with Gasteiger partial charge in [-0.15, -0.1) is 0 Å². The average Bonchev–Trinajstić information content (AvgIpc) is 3.64. The molecule has 1 saturated carbocycles. The molecule has 0 atom stereocenters. The quantitative estimate of drug-likeness (QED) is 0.184. The standard InChI is InChI=1S/C26H21ClF4N4O2/c1-36-21-10-19(37-14-18-6-5-17(12-32-18)26(29,30)31)7-8-20(21)23-24(27)34-25(35(23)13-15-2-3-15)16-4-9-22(28)33-11-16/h4-12,15H,2-3,13-14H2,1H3. The number of pyridine rings is 2. The van der Waals surface area contributed by atoms with E-state index in [1.165, 1.54) is 25.4 Å². The molecule has 11 heteroatoms. The summed E-state index contributed by atoms with van der Waals surface area (Å²) in [5, 5.41) is 0.265. The van der Waals surface area contributed by atoms with E-state index in [1.54, 1.807) is 24.3 Å². The molecule has 3 aromatic heterocycles. The molecular formula is C26H21ClF4N4O2. The summed E-state index contributed by atoms with van der Waals surface area (Å²) in [6.07, 6.45) is -0.0588. The van der Waals surface area contributed by atoms with Crippen LogP contribution in [0.15, 0.2) is 54.9 Å². The number of nitrogens with zero attached hydrogens (tertiary/aromatic N) is 4. The number of methoxy groups -OCH3 is 1. The topological polar surface area (TPSA) is 62.1 Å². The van der Waals surface area contributed by atoms with Crippen molar-refractivity contribution in [3.8, 4) is 34.1 Å². The largest absolute Gasteiger partial charge is 0.496 e. The summed E-state index contributed by atoms with van der Waals surface area (Å²) in [5.74, 6) is 1.39. The number of imidazole rings is 1. The molecule has 4 aromatic rings. The number of alkyl halides is 3. The van der Waals surface area contributed by atoms with Crippen molar-refractivity contribution in [3.63, 3.8) is 0 Å². The molecule has 0 radical (unpaired) electrons. The monoisotopic (exact) mass is 532 g/mol. The predicted octanol–water partition coefficient (Wildman–Crippen LogP) is 6.82. The van der Waals surface area contributed by atoms with Gasteiger partial charge in [-0.3, -0.25) is 4.98 Å². The molecule has 1 aromatic carbocycles. The summed E-state index contributed by atoms with van der Waals surface area (Å²) >= 11 is 6.62. The SMILES string of the molecule is COc1cc(OCc2ccc(C(F)(F)F)cn2)ccc1-c1c(Cl)nc(-c2ccc(F)nc2)n1CC1CC1. The number of halogens is 5. The van der Waals surface area contributed by atoms with Crippen LogP contribution in [0.4, 0.5) is 17.6 Å². The maximum atomic E-state index is 13.4. The van der Waals surface area contributed by atoms with Gasteiger partial charge in [0.1, 0.15) is 23.9 Å². The molecule has 5 rings (SSSR count). The molecule has 1 fully saturated rings. The zero-order chi connectivity index (χ0) is 26.2. The first-order chi connectivity index (χ1) is 17.7. The first-order valence-electron chi connectivity index (χ1n) is 11.4. The molecular weight excluding hydrogens is 512 g/mol. The number of rotatable bonds is 8. The molecule has 0 spiro atoms. The maximum absolute atomic E-state index is 13.4. The summed E-state index contributed by atoms with van der Waals surface area (Å²) in [4.78, 5) is 12.1. The van der Waals surface area contributed by atoms with Crippen LogP contribution in [-0.2, 0) is 19.3 Å². The predicted molar refractivity (Wildman–Crippen MR) is 129 cm³/mol. The molecule has 192 valence electrons. The van der Waals surface area contributed by atoms with Gasteiger partial charge < -0.3 is 14.0 Å². The molecule has 0 saturated heterocycles. The van der Waals surface area contributed by atoms with Crippen molar-refractivity contribution in [2.24, 2.45) is 5.92 Å². The van der Waals surface area contributed by atoms with Crippen LogP contribution in [0.3, 0.4) is 0 Å². The van der Waals surface area contributed by atoms with Gasteiger partial charge in [0.2, 0.25) is 5.95 Å². The highest BCUT2D eigenvalue weighted by atomic mass is 35.5. The molecule has 3 heterocycles. The van der Waals surface area contributed by atoms with Crippen LogP contribution >= 0.6 is 11.6 Å². The summed E-state index contributed by atoms with van der Waals surface area (Å²) in [7, 11) is 1.51. The Morgan fingerprint density at radius 2 is 1.86 bits per heavy atom. The summed E-state index contributed by atoms with van der Waals surface area (Å²) in [6, 6.07) is 10.3. The van der Waals surface area contributed by atoms with Crippen molar-refractivity contribution in [3.05, 3.63) is 77.2 Å². The highest BCUT2D eigenvalue weighted by Crippen LogP contribution is 2.42. The first kappa shape index (κ1) is 25.0. The van der Waals surface area contributed by atoms with Crippen molar-refractivity contribution in [1.82, 2.24) is 19.5 Å². The smallest absolute Gasteiger partial charge is 0.417 e. The van der Waals surface area contributed by atoms with E-state index in [1.807, 2.05) is 4.57 Å². The van der Waals surface area contributed by atoms with E-state index in [0.717, 1.165) is 25.1 Å². The van der Waals surface area contributed by atoms with Gasteiger partial charge in [0.05, 0.1) is 24.1 Å². The van der Waals surface area contributed by atoms with Crippen LogP contribution in [0.25, 0.3) is 22.6 Å². The van der Waals surface area contributed by atoms with Crippen molar-refractivity contribution in [2.75, 3.05) is 7.11 Å². The minimum atomic E-state index is -4.45. The van der Waals surface area contributed by atoms with Gasteiger partial charge in [0.25, 0.3) is 0 Å². The number of ether oxygens (including phenoxy) is 2. The van der Waals surface area contributed by atoms with Gasteiger partial charge in [-0.05, 0) is 55.2 Å². The third-order valence-corrected chi connectivity index (χ3v) is 6.28. The Labute approximate surface area is 214 Å². The summed E-state index contributed by atoms with van der Waals surface area (Å²) in [5.41, 5.74) is 1.50. The van der Waals surface area contributed by atoms with Gasteiger partial charge >= 0.3 is 6.18 Å². The van der Waals surface area contributed by atoms with E-state index < -0.39 is 17.7 Å². The summed E-state index contributed by atoms with van der Waals surface area (Å²) in [6.45, 7) is 0.658. The van der Waals surface area contributed by atoms with Gasteiger partial charge in [-0.2, -0.15) is 17.6 Å². The Kier molecular flexibility index (Phi) is 6.76. The van der Waals surface area contributed by atoms with Gasteiger partial charge in [-0.25, -0.2) is 9.97 Å². The molecule has 0 N–H and O–H groups in total. The van der Waals surface area contributed by atoms with Crippen molar-refractivity contribution in [2.45, 2.75) is 32.2 Å². The third-order valence-electron chi connectivity index (χ3n) is 6.02. The fraction of sp³-hybridized carbons (Fsp3) is 0.269. The fourth-order valence-electron chi connectivity index (χ4n) is 3.94. The lowest BCUT2D eigenvalue weighted by atomic mass is 10.1. The van der Waals surface area contributed by atoms with E-state index in [9.17, 15) is 17.6 Å². The van der Waals surface area contributed by atoms with E-state index in [2.05, 4.69) is 15.0 Å². The lowest BCUT2D eigenvalue weighted by Gasteiger charge is -2.16. The first-order valence-corrected chi connectivity index (χ1v) is 11.8. The number of hydrogen-bond donors (Lipinski definition) is 0. The van der Waals surface area contributed by atoms with E-state index in [-0.39, 0.29) is 11.8 Å². The maximum Gasteiger partial charge on any atom is 0.417 e. The Hall–Kier alpha value is -3.66. The van der Waals surface area contributed by atoms with Crippen LogP contribution in [0.1, 0.15) is 24.1 Å². The van der Waals surface area contributed by atoms with Gasteiger partial charge in [0, 0.05) is 36.1 Å². The van der Waals surface area contributed by atoms with Gasteiger partial charge in [0.15, 0.2) is 5.15 Å². The minimum Gasteiger partial charge on any atom is -0.496 e. The highest BCUT2D eigenvalue weighted by molar-refractivity contribution is 6.32. The zero-order valence-corrected chi connectivity index (χ0v) is 20.4. The molecule has 0 aliphatic heterocycles. The normalized spacial score (nSPS) is 13.6. The van der Waals surface area contributed by atoms with Crippen LogP contribution in [0.5, 0.6) is 11.5 Å². The Bertz CT molecular complexity index is 1400. The lowest BCUT2D eigenvalue weighted by Crippen LogP contribution is -2.07. The number of aromatic nitrogens is 4. The second kappa shape index (κ2) is 10.0. The second-order valence-electron chi connectivity index (χ2n) is 8.69. The Morgan fingerprint density at radius 3 is 2.49 bits per heavy atom. The van der Waals surface area contributed by atoms with Crippen LogP contribution in [0, 0.1) is 11.9 Å². The Morgan fingerprint density at radius 1 is 1.05 bits per heavy atom. The Balaban J connectivity index is 1.43. The van der Waals surface area contributed by atoms with E-state index in [0.29, 0.717) is 52.3 Å². The zero-order valence-electron chi connectivity index (χ0n) is 19.6. The minimum absolute atomic E-state index is 0.0251. The molecule has 1 aliphatic rings. The van der Waals surface area contributed by atoms with Crippen molar-refractivity contribution in [1.29, 1.82) is 0 Å². The number of benzene rings is 1. The van der Waals surface area contributed by atoms with E-state index in [4.69, 9.17) is 21.1 Å². The molecule has 6 nitrogen and oxygen atoms in total. The third kappa shape index (κ3) is 5.53. The molecule has 0 bridgehead atoms. The molecule has 0 amide bonds. The van der Waals surface area contributed by atoms with Crippen LogP contribution in [-0.4, -0.2) is 26.6 Å². The van der Waals surface area contributed by atoms with Crippen LogP contribution < -0.4 is 9.47 Å². The van der Waals surface area contributed by atoms with Gasteiger partial charge in [-0.1, -0.05) is 11.6 Å². The molecule has 0 unspecified atom stereocenters. The summed E-state index contributed by atoms with van der Waals surface area (Å²) < 4.78 is 65.0. The average molecular weight is 533 g/mol.